The molecule has 0 bridgehead atoms. The second-order valence-corrected chi connectivity index (χ2v) is 7.93. The lowest BCUT2D eigenvalue weighted by atomic mass is 10.1. The van der Waals surface area contributed by atoms with E-state index in [-0.39, 0.29) is 17.6 Å². The molecule has 14 nitrogen and oxygen atoms in total. The molecule has 0 saturated carbocycles. The van der Waals surface area contributed by atoms with Crippen molar-refractivity contribution in [1.29, 1.82) is 5.26 Å². The van der Waals surface area contributed by atoms with Crippen molar-refractivity contribution in [3.05, 3.63) is 57.1 Å². The summed E-state index contributed by atoms with van der Waals surface area (Å²) in [7, 11) is 1.06. The minimum Gasteiger partial charge on any atom is -0.504 e. The Morgan fingerprint density at radius 3 is 2.36 bits per heavy atom. The van der Waals surface area contributed by atoms with Crippen LogP contribution in [0.2, 0.25) is 0 Å². The van der Waals surface area contributed by atoms with Gasteiger partial charge in [0.15, 0.2) is 17.2 Å². The molecule has 1 atom stereocenters. The lowest BCUT2D eigenvalue weighted by molar-refractivity contribution is -0.385. The fourth-order valence-corrected chi connectivity index (χ4v) is 3.44. The number of nitro benzene ring substituents is 1. The first-order chi connectivity index (χ1) is 18.4. The number of esters is 1. The van der Waals surface area contributed by atoms with Crippen molar-refractivity contribution >= 4 is 29.7 Å². The quantitative estimate of drug-likeness (QED) is 0.0854. The molecule has 0 unspecified atom stereocenters. The predicted molar refractivity (Wildman–Crippen MR) is 135 cm³/mol. The molecule has 0 fully saturated rings. The standard InChI is InChI=1S/C25H26N4O10/c1-4-28(5-2)23(33)16(13-26)8-15-10-18(29(36)37)22(32)21(12-15)39-25(35)27-17(24(34)38-3)9-14-6-7-19(30)20(31)11-14/h6-8,10-12,17,30-32H,4-5,9H2,1-3H3,(H,27,35)/t17-/m0/s1. The Morgan fingerprint density at radius 2 is 1.82 bits per heavy atom. The maximum atomic E-state index is 12.6. The molecule has 0 radical (unpaired) electrons. The largest absolute Gasteiger partial charge is 0.504 e. The number of nitro groups is 1. The number of methoxy groups -OCH3 is 1. The van der Waals surface area contributed by atoms with Crippen LogP contribution < -0.4 is 10.1 Å². The van der Waals surface area contributed by atoms with Gasteiger partial charge in [0, 0.05) is 25.6 Å². The summed E-state index contributed by atoms with van der Waals surface area (Å²) in [5.41, 5.74) is -0.989. The summed E-state index contributed by atoms with van der Waals surface area (Å²) < 4.78 is 9.70. The third-order valence-corrected chi connectivity index (χ3v) is 5.45. The monoisotopic (exact) mass is 542 g/mol. The minimum absolute atomic E-state index is 0.0940. The van der Waals surface area contributed by atoms with Gasteiger partial charge in [-0.05, 0) is 49.2 Å². The number of phenols is 3. The van der Waals surface area contributed by atoms with Crippen molar-refractivity contribution in [1.82, 2.24) is 10.2 Å². The molecule has 206 valence electrons. The third kappa shape index (κ3) is 7.59. The third-order valence-electron chi connectivity index (χ3n) is 5.45. The summed E-state index contributed by atoms with van der Waals surface area (Å²) in [5, 5.41) is 52.6. The highest BCUT2D eigenvalue weighted by atomic mass is 16.6. The predicted octanol–water partition coefficient (Wildman–Crippen LogP) is 2.36. The summed E-state index contributed by atoms with van der Waals surface area (Å²) in [6.07, 6.45) is -0.463. The number of rotatable bonds is 10. The van der Waals surface area contributed by atoms with Crippen molar-refractivity contribution in [3.8, 4) is 29.1 Å². The number of benzene rings is 2. The zero-order chi connectivity index (χ0) is 29.3. The molecule has 39 heavy (non-hydrogen) atoms. The summed E-state index contributed by atoms with van der Waals surface area (Å²) >= 11 is 0. The number of aromatic hydroxyl groups is 3. The van der Waals surface area contributed by atoms with E-state index in [1.807, 2.05) is 0 Å². The molecule has 0 aliphatic rings. The molecule has 4 N–H and O–H groups in total. The van der Waals surface area contributed by atoms with E-state index in [1.165, 1.54) is 17.0 Å². The number of likely N-dealkylation sites (N-methyl/N-ethyl adjacent to an activating group) is 1. The number of phenolic OH excluding ortho intramolecular Hbond substituents is 3. The Labute approximate surface area is 222 Å². The van der Waals surface area contributed by atoms with E-state index in [4.69, 9.17) is 4.74 Å². The SMILES string of the molecule is CCN(CC)C(=O)C(C#N)=Cc1cc(OC(=O)N[C@@H](Cc2ccc(O)c(O)c2)C(=O)OC)c(O)c([N+](=O)[O-])c1. The number of nitriles is 1. The van der Waals surface area contributed by atoms with Crippen molar-refractivity contribution in [2.45, 2.75) is 26.3 Å². The second-order valence-electron chi connectivity index (χ2n) is 7.93. The van der Waals surface area contributed by atoms with Gasteiger partial charge in [-0.2, -0.15) is 5.26 Å². The van der Waals surface area contributed by atoms with Crippen molar-refractivity contribution in [2.75, 3.05) is 20.2 Å². The van der Waals surface area contributed by atoms with Gasteiger partial charge >= 0.3 is 17.7 Å². The highest BCUT2D eigenvalue weighted by Gasteiger charge is 2.27. The molecule has 2 aromatic carbocycles. The zero-order valence-electron chi connectivity index (χ0n) is 21.2. The van der Waals surface area contributed by atoms with Gasteiger partial charge in [0.25, 0.3) is 5.91 Å². The first-order valence-corrected chi connectivity index (χ1v) is 11.4. The van der Waals surface area contributed by atoms with Crippen LogP contribution >= 0.6 is 0 Å². The first-order valence-electron chi connectivity index (χ1n) is 11.4. The molecule has 0 heterocycles. The van der Waals surface area contributed by atoms with Gasteiger partial charge < -0.3 is 35.0 Å². The van der Waals surface area contributed by atoms with Gasteiger partial charge in [0.1, 0.15) is 17.7 Å². The van der Waals surface area contributed by atoms with E-state index >= 15 is 0 Å². The summed E-state index contributed by atoms with van der Waals surface area (Å²) in [4.78, 5) is 49.3. The Kier molecular flexibility index (Phi) is 10.2. The molecule has 0 spiro atoms. The van der Waals surface area contributed by atoms with Gasteiger partial charge in [-0.1, -0.05) is 6.07 Å². The smallest absolute Gasteiger partial charge is 0.413 e. The van der Waals surface area contributed by atoms with E-state index in [2.05, 4.69) is 10.1 Å². The second kappa shape index (κ2) is 13.3. The van der Waals surface area contributed by atoms with Gasteiger partial charge in [0.05, 0.1) is 12.0 Å². The Balaban J connectivity index is 2.39. The summed E-state index contributed by atoms with van der Waals surface area (Å²) in [5.74, 6) is -4.09. The highest BCUT2D eigenvalue weighted by molar-refractivity contribution is 6.01. The van der Waals surface area contributed by atoms with Crippen molar-refractivity contribution < 1.29 is 44.1 Å². The maximum absolute atomic E-state index is 12.6. The van der Waals surface area contributed by atoms with Gasteiger partial charge in [0.2, 0.25) is 5.75 Å². The van der Waals surface area contributed by atoms with Crippen LogP contribution in [0.25, 0.3) is 6.08 Å². The molecule has 2 amide bonds. The number of nitrogens with one attached hydrogen (secondary N) is 1. The summed E-state index contributed by atoms with van der Waals surface area (Å²) in [6.45, 7) is 4.03. The molecule has 14 heteroatoms. The zero-order valence-corrected chi connectivity index (χ0v) is 21.2. The Morgan fingerprint density at radius 1 is 1.15 bits per heavy atom. The normalized spacial score (nSPS) is 11.6. The van der Waals surface area contributed by atoms with E-state index < -0.39 is 57.6 Å². The van der Waals surface area contributed by atoms with E-state index in [9.17, 15) is 45.1 Å². The topological polar surface area (TPSA) is 213 Å². The molecule has 2 aromatic rings. The fraction of sp³-hybridized carbons (Fsp3) is 0.280. The maximum Gasteiger partial charge on any atom is 0.413 e. The Bertz CT molecular complexity index is 1350. The van der Waals surface area contributed by atoms with Crippen LogP contribution in [0.4, 0.5) is 10.5 Å². The van der Waals surface area contributed by atoms with E-state index in [0.717, 1.165) is 31.4 Å². The van der Waals surface area contributed by atoms with Crippen LogP contribution in [0.1, 0.15) is 25.0 Å². The number of hydrogen-bond acceptors (Lipinski definition) is 11. The molecule has 0 saturated heterocycles. The lowest BCUT2D eigenvalue weighted by Gasteiger charge is -2.18. The van der Waals surface area contributed by atoms with Crippen LogP contribution in [0, 0.1) is 21.4 Å². The van der Waals surface area contributed by atoms with E-state index in [1.54, 1.807) is 19.9 Å². The lowest BCUT2D eigenvalue weighted by Crippen LogP contribution is -2.44. The molecule has 2 rings (SSSR count). The van der Waals surface area contributed by atoms with Gasteiger partial charge in [-0.3, -0.25) is 14.9 Å². The van der Waals surface area contributed by atoms with Crippen molar-refractivity contribution in [3.63, 3.8) is 0 Å². The molecule has 0 aromatic heterocycles. The average Bonchev–Trinajstić information content (AvgIpc) is 2.90. The van der Waals surface area contributed by atoms with Crippen LogP contribution in [0.15, 0.2) is 35.9 Å². The number of ether oxygens (including phenoxy) is 2. The van der Waals surface area contributed by atoms with Crippen LogP contribution in [0.3, 0.4) is 0 Å². The highest BCUT2D eigenvalue weighted by Crippen LogP contribution is 2.38. The van der Waals surface area contributed by atoms with Crippen molar-refractivity contribution in [2.24, 2.45) is 0 Å². The number of hydrogen-bond donors (Lipinski definition) is 4. The van der Waals surface area contributed by atoms with Crippen LogP contribution in [0.5, 0.6) is 23.0 Å². The molecular formula is C25H26N4O10. The van der Waals surface area contributed by atoms with E-state index in [0.29, 0.717) is 18.7 Å². The first kappa shape index (κ1) is 29.9. The number of carbonyl (C=O) groups excluding carboxylic acids is 3. The number of nitrogens with zero attached hydrogens (tertiary/aromatic N) is 3. The van der Waals surface area contributed by atoms with Gasteiger partial charge in [-0.25, -0.2) is 9.59 Å². The molecule has 0 aliphatic heterocycles. The Hall–Kier alpha value is -5.32. The number of carbonyl (C=O) groups is 3. The average molecular weight is 543 g/mol. The molecular weight excluding hydrogens is 516 g/mol. The van der Waals surface area contributed by atoms with Crippen LogP contribution in [-0.4, -0.2) is 69.4 Å². The molecule has 0 aliphatic carbocycles. The fourth-order valence-electron chi connectivity index (χ4n) is 3.44. The minimum atomic E-state index is -1.36. The summed E-state index contributed by atoms with van der Waals surface area (Å²) in [6, 6.07) is 5.98. The number of amides is 2. The van der Waals surface area contributed by atoms with Crippen LogP contribution in [-0.2, 0) is 20.7 Å². The van der Waals surface area contributed by atoms with Gasteiger partial charge in [-0.15, -0.1) is 0 Å².